The van der Waals surface area contributed by atoms with Gasteiger partial charge in [-0.1, -0.05) is 29.8 Å². The number of aromatic nitrogens is 2. The molecular formula is C26H23ClF3N3O3. The molecule has 0 radical (unpaired) electrons. The van der Waals surface area contributed by atoms with E-state index < -0.39 is 23.2 Å². The molecule has 4 aromatic rings. The smallest absolute Gasteiger partial charge is 0.382 e. The van der Waals surface area contributed by atoms with E-state index in [1.165, 1.54) is 12.1 Å². The largest absolute Gasteiger partial charge is 0.417 e. The summed E-state index contributed by atoms with van der Waals surface area (Å²) in [5.74, 6) is -0.271. The van der Waals surface area contributed by atoms with E-state index in [0.717, 1.165) is 23.4 Å². The number of hydrogen-bond acceptors (Lipinski definition) is 4. The second-order valence-corrected chi connectivity index (χ2v) is 8.40. The van der Waals surface area contributed by atoms with Gasteiger partial charge in [0.15, 0.2) is 0 Å². The highest BCUT2D eigenvalue weighted by Gasteiger charge is 2.34. The van der Waals surface area contributed by atoms with Gasteiger partial charge in [-0.05, 0) is 55.0 Å². The van der Waals surface area contributed by atoms with Crippen molar-refractivity contribution in [2.45, 2.75) is 19.7 Å². The number of amides is 1. The van der Waals surface area contributed by atoms with Crippen LogP contribution in [0.3, 0.4) is 0 Å². The molecule has 0 aliphatic heterocycles. The molecule has 10 heteroatoms. The fourth-order valence-corrected chi connectivity index (χ4v) is 4.01. The van der Waals surface area contributed by atoms with E-state index in [4.69, 9.17) is 21.1 Å². The van der Waals surface area contributed by atoms with Gasteiger partial charge in [0, 0.05) is 17.8 Å². The number of alkyl halides is 3. The number of nitrogens with one attached hydrogen (secondary N) is 1. The predicted octanol–water partition coefficient (Wildman–Crippen LogP) is 6.42. The number of methoxy groups -OCH3 is 1. The standard InChI is InChI=1S/C26H23ClF3N3O3/c1-16-20(27)8-5-9-22(16)33-23-14-17(10-11-21(23)32-24(33)15-36-13-12-35-2)31-25(34)18-6-3-4-7-19(18)26(28,29)30/h3-11,14H,12-13,15H2,1-2H3,(H,31,34). The Morgan fingerprint density at radius 3 is 2.61 bits per heavy atom. The van der Waals surface area contributed by atoms with Crippen molar-refractivity contribution in [1.29, 1.82) is 0 Å². The first-order valence-corrected chi connectivity index (χ1v) is 11.4. The maximum atomic E-state index is 13.4. The molecule has 0 aliphatic carbocycles. The summed E-state index contributed by atoms with van der Waals surface area (Å²) in [6, 6.07) is 15.1. The lowest BCUT2D eigenvalue weighted by atomic mass is 10.1. The minimum Gasteiger partial charge on any atom is -0.382 e. The van der Waals surface area contributed by atoms with E-state index in [0.29, 0.717) is 40.8 Å². The lowest BCUT2D eigenvalue weighted by molar-refractivity contribution is -0.137. The summed E-state index contributed by atoms with van der Waals surface area (Å²) in [6.45, 7) is 2.85. The first-order valence-electron chi connectivity index (χ1n) is 11.0. The zero-order chi connectivity index (χ0) is 25.9. The number of carbonyl (C=O) groups is 1. The number of benzene rings is 3. The summed E-state index contributed by atoms with van der Waals surface area (Å²) >= 11 is 6.37. The van der Waals surface area contributed by atoms with Crippen molar-refractivity contribution < 1.29 is 27.4 Å². The molecule has 1 N–H and O–H groups in total. The van der Waals surface area contributed by atoms with Gasteiger partial charge < -0.3 is 14.8 Å². The molecule has 0 aliphatic rings. The van der Waals surface area contributed by atoms with Crippen molar-refractivity contribution in [3.8, 4) is 5.69 Å². The fourth-order valence-electron chi connectivity index (χ4n) is 3.84. The molecule has 3 aromatic carbocycles. The number of ether oxygens (including phenoxy) is 2. The van der Waals surface area contributed by atoms with Crippen LogP contribution < -0.4 is 5.32 Å². The minimum absolute atomic E-state index is 0.185. The van der Waals surface area contributed by atoms with Crippen LogP contribution in [0.5, 0.6) is 0 Å². The van der Waals surface area contributed by atoms with Crippen molar-refractivity contribution in [1.82, 2.24) is 9.55 Å². The third kappa shape index (κ3) is 5.38. The molecule has 0 spiro atoms. The fraction of sp³-hybridized carbons (Fsp3) is 0.231. The van der Waals surface area contributed by atoms with Gasteiger partial charge >= 0.3 is 6.18 Å². The number of nitrogens with zero attached hydrogens (tertiary/aromatic N) is 2. The van der Waals surface area contributed by atoms with Crippen LogP contribution in [0.4, 0.5) is 18.9 Å². The Bertz CT molecular complexity index is 1400. The maximum absolute atomic E-state index is 13.4. The number of fused-ring (bicyclic) bond motifs is 1. The Balaban J connectivity index is 1.75. The quantitative estimate of drug-likeness (QED) is 0.274. The third-order valence-corrected chi connectivity index (χ3v) is 6.01. The van der Waals surface area contributed by atoms with Gasteiger partial charge in [0.2, 0.25) is 0 Å². The molecule has 6 nitrogen and oxygen atoms in total. The van der Waals surface area contributed by atoms with E-state index in [1.807, 2.05) is 23.6 Å². The Morgan fingerprint density at radius 1 is 1.08 bits per heavy atom. The monoisotopic (exact) mass is 517 g/mol. The molecule has 0 fully saturated rings. The zero-order valence-electron chi connectivity index (χ0n) is 19.5. The molecule has 1 heterocycles. The molecule has 0 saturated carbocycles. The van der Waals surface area contributed by atoms with Crippen LogP contribution in [-0.2, 0) is 22.3 Å². The summed E-state index contributed by atoms with van der Waals surface area (Å²) in [4.78, 5) is 17.5. The summed E-state index contributed by atoms with van der Waals surface area (Å²) < 4.78 is 52.8. The third-order valence-electron chi connectivity index (χ3n) is 5.60. The Morgan fingerprint density at radius 2 is 1.86 bits per heavy atom. The summed E-state index contributed by atoms with van der Waals surface area (Å²) in [7, 11) is 1.58. The molecule has 36 heavy (non-hydrogen) atoms. The zero-order valence-corrected chi connectivity index (χ0v) is 20.3. The van der Waals surface area contributed by atoms with Crippen molar-refractivity contribution in [2.75, 3.05) is 25.6 Å². The molecule has 0 unspecified atom stereocenters. The van der Waals surface area contributed by atoms with Crippen LogP contribution in [0.15, 0.2) is 60.7 Å². The highest BCUT2D eigenvalue weighted by atomic mass is 35.5. The topological polar surface area (TPSA) is 65.4 Å². The second-order valence-electron chi connectivity index (χ2n) is 7.99. The first-order chi connectivity index (χ1) is 17.2. The summed E-state index contributed by atoms with van der Waals surface area (Å²) in [6.07, 6.45) is -4.65. The molecule has 0 bridgehead atoms. The lowest BCUT2D eigenvalue weighted by Crippen LogP contribution is -2.18. The van der Waals surface area contributed by atoms with Crippen LogP contribution in [0.25, 0.3) is 16.7 Å². The number of hydrogen-bond donors (Lipinski definition) is 1. The Hall–Kier alpha value is -3.40. The second kappa shape index (κ2) is 10.7. The lowest BCUT2D eigenvalue weighted by Gasteiger charge is -2.15. The number of halogens is 4. The van der Waals surface area contributed by atoms with Crippen molar-refractivity contribution >= 4 is 34.2 Å². The van der Waals surface area contributed by atoms with Gasteiger partial charge in [-0.3, -0.25) is 9.36 Å². The molecule has 188 valence electrons. The van der Waals surface area contributed by atoms with Crippen molar-refractivity contribution in [3.05, 3.63) is 88.2 Å². The Labute approximate surface area is 210 Å². The van der Waals surface area contributed by atoms with Gasteiger partial charge in [-0.15, -0.1) is 0 Å². The van der Waals surface area contributed by atoms with E-state index in [2.05, 4.69) is 10.3 Å². The SMILES string of the molecule is COCCOCc1nc2ccc(NC(=O)c3ccccc3C(F)(F)F)cc2n1-c1cccc(Cl)c1C. The molecule has 0 atom stereocenters. The first kappa shape index (κ1) is 25.7. The normalized spacial score (nSPS) is 11.7. The predicted molar refractivity (Wildman–Crippen MR) is 132 cm³/mol. The van der Waals surface area contributed by atoms with Crippen LogP contribution in [-0.4, -0.2) is 35.8 Å². The van der Waals surface area contributed by atoms with Crippen LogP contribution in [0, 0.1) is 6.92 Å². The highest BCUT2D eigenvalue weighted by Crippen LogP contribution is 2.33. The molecule has 1 aromatic heterocycles. The van der Waals surface area contributed by atoms with Crippen LogP contribution >= 0.6 is 11.6 Å². The van der Waals surface area contributed by atoms with E-state index in [1.54, 1.807) is 31.4 Å². The average Bonchev–Trinajstić information content (AvgIpc) is 3.20. The molecule has 1 amide bonds. The molecular weight excluding hydrogens is 495 g/mol. The minimum atomic E-state index is -4.65. The van der Waals surface area contributed by atoms with Crippen LogP contribution in [0.2, 0.25) is 5.02 Å². The average molecular weight is 518 g/mol. The molecule has 4 rings (SSSR count). The van der Waals surface area contributed by atoms with Crippen molar-refractivity contribution in [3.63, 3.8) is 0 Å². The van der Waals surface area contributed by atoms with Crippen molar-refractivity contribution in [2.24, 2.45) is 0 Å². The van der Waals surface area contributed by atoms with Gasteiger partial charge in [0.1, 0.15) is 12.4 Å². The maximum Gasteiger partial charge on any atom is 0.417 e. The number of imidazole rings is 1. The van der Waals surface area contributed by atoms with E-state index >= 15 is 0 Å². The molecule has 0 saturated heterocycles. The van der Waals surface area contributed by atoms with Gasteiger partial charge in [0.05, 0.1) is 41.1 Å². The number of carbonyl (C=O) groups excluding carboxylic acids is 1. The van der Waals surface area contributed by atoms with Gasteiger partial charge in [0.25, 0.3) is 5.91 Å². The summed E-state index contributed by atoms with van der Waals surface area (Å²) in [5.41, 5.74) is 1.68. The highest BCUT2D eigenvalue weighted by molar-refractivity contribution is 6.31. The van der Waals surface area contributed by atoms with E-state index in [9.17, 15) is 18.0 Å². The Kier molecular flexibility index (Phi) is 7.63. The number of anilines is 1. The van der Waals surface area contributed by atoms with Crippen LogP contribution in [0.1, 0.15) is 27.3 Å². The van der Waals surface area contributed by atoms with E-state index in [-0.39, 0.29) is 6.61 Å². The number of rotatable bonds is 8. The van der Waals surface area contributed by atoms with Gasteiger partial charge in [-0.25, -0.2) is 4.98 Å². The summed E-state index contributed by atoms with van der Waals surface area (Å²) in [5, 5.41) is 3.15. The van der Waals surface area contributed by atoms with Gasteiger partial charge in [-0.2, -0.15) is 13.2 Å².